The molecule has 0 unspecified atom stereocenters. The van der Waals surface area contributed by atoms with E-state index in [1.807, 2.05) is 6.07 Å². The van der Waals surface area contributed by atoms with E-state index >= 15 is 0 Å². The van der Waals surface area contributed by atoms with E-state index in [1.165, 1.54) is 12.4 Å². The number of fused-ring (bicyclic) bond motifs is 1. The number of aromatic nitrogens is 3. The second-order valence-electron chi connectivity index (χ2n) is 9.03. The van der Waals surface area contributed by atoms with Crippen LogP contribution >= 0.6 is 15.9 Å². The molecule has 9 heteroatoms. The van der Waals surface area contributed by atoms with Crippen LogP contribution in [0.4, 0.5) is 15.9 Å². The molecule has 0 bridgehead atoms. The molecule has 1 saturated heterocycles. The van der Waals surface area contributed by atoms with Crippen molar-refractivity contribution in [2.24, 2.45) is 0 Å². The summed E-state index contributed by atoms with van der Waals surface area (Å²) in [5.74, 6) is -0.0498. The molecule has 1 aliphatic carbocycles. The molecule has 2 aromatic heterocycles. The van der Waals surface area contributed by atoms with Gasteiger partial charge in [-0.05, 0) is 66.4 Å². The standard InChI is InChI=1S/C23H29BrFN7/c1-30-8-10-31(11-9-30)15-3-5-16(6-4-15)32-21(24)19(14-2-7-18(26)17(25)12-14)20-22(27)28-13-29-23(20)32/h2,7,12-13,15-16H,3-6,8-11,26H2,1H3,(H2,27,28,29)/t15-,16+. The van der Waals surface area contributed by atoms with Gasteiger partial charge in [-0.15, -0.1) is 0 Å². The Labute approximate surface area is 195 Å². The molecule has 0 atom stereocenters. The van der Waals surface area contributed by atoms with Crippen molar-refractivity contribution in [1.82, 2.24) is 24.3 Å². The summed E-state index contributed by atoms with van der Waals surface area (Å²) < 4.78 is 17.4. The minimum Gasteiger partial charge on any atom is -0.396 e. The van der Waals surface area contributed by atoms with Gasteiger partial charge >= 0.3 is 0 Å². The van der Waals surface area contributed by atoms with Crippen molar-refractivity contribution >= 4 is 38.5 Å². The minimum atomic E-state index is -0.446. The molecule has 2 aliphatic rings. The maximum atomic E-state index is 14.3. The number of piperazine rings is 1. The van der Waals surface area contributed by atoms with Crippen LogP contribution in [0.15, 0.2) is 29.1 Å². The van der Waals surface area contributed by atoms with E-state index in [4.69, 9.17) is 11.5 Å². The monoisotopic (exact) mass is 501 g/mol. The van der Waals surface area contributed by atoms with Crippen molar-refractivity contribution in [3.8, 4) is 11.1 Å². The van der Waals surface area contributed by atoms with Gasteiger partial charge in [0.05, 0.1) is 15.7 Å². The van der Waals surface area contributed by atoms with Crippen molar-refractivity contribution < 1.29 is 4.39 Å². The van der Waals surface area contributed by atoms with Gasteiger partial charge in [-0.1, -0.05) is 6.07 Å². The van der Waals surface area contributed by atoms with Crippen LogP contribution in [-0.4, -0.2) is 63.6 Å². The van der Waals surface area contributed by atoms with Crippen LogP contribution in [0.5, 0.6) is 0 Å². The molecular formula is C23H29BrFN7. The fourth-order valence-electron chi connectivity index (χ4n) is 5.28. The highest BCUT2D eigenvalue weighted by molar-refractivity contribution is 9.10. The Morgan fingerprint density at radius 3 is 2.38 bits per heavy atom. The Bertz CT molecular complexity index is 1130. The molecule has 1 saturated carbocycles. The average Bonchev–Trinajstić information content (AvgIpc) is 3.09. The summed E-state index contributed by atoms with van der Waals surface area (Å²) in [6, 6.07) is 5.80. The number of nitrogens with two attached hydrogens (primary N) is 2. The van der Waals surface area contributed by atoms with E-state index < -0.39 is 5.82 Å². The van der Waals surface area contributed by atoms with Crippen LogP contribution in [0.3, 0.4) is 0 Å². The number of likely N-dealkylation sites (N-methyl/N-ethyl adjacent to an activating group) is 1. The minimum absolute atomic E-state index is 0.125. The summed E-state index contributed by atoms with van der Waals surface area (Å²) in [6.45, 7) is 4.59. The van der Waals surface area contributed by atoms with Crippen LogP contribution < -0.4 is 11.5 Å². The van der Waals surface area contributed by atoms with Crippen molar-refractivity contribution in [1.29, 1.82) is 0 Å². The molecule has 3 aromatic rings. The Morgan fingerprint density at radius 2 is 1.69 bits per heavy atom. The van der Waals surface area contributed by atoms with E-state index in [-0.39, 0.29) is 5.69 Å². The molecule has 4 N–H and O–H groups in total. The summed E-state index contributed by atoms with van der Waals surface area (Å²) in [5.41, 5.74) is 14.4. The first-order chi connectivity index (χ1) is 15.4. The van der Waals surface area contributed by atoms with E-state index in [1.54, 1.807) is 6.07 Å². The zero-order chi connectivity index (χ0) is 22.4. The topological polar surface area (TPSA) is 89.2 Å². The van der Waals surface area contributed by atoms with Gasteiger partial charge in [-0.25, -0.2) is 14.4 Å². The summed E-state index contributed by atoms with van der Waals surface area (Å²) in [4.78, 5) is 13.9. The van der Waals surface area contributed by atoms with Crippen LogP contribution in [0, 0.1) is 5.82 Å². The number of hydrogen-bond donors (Lipinski definition) is 2. The Balaban J connectivity index is 1.48. The van der Waals surface area contributed by atoms with Crippen molar-refractivity contribution in [3.05, 3.63) is 34.9 Å². The SMILES string of the molecule is CN1CCN([C@H]2CC[C@@H](n3c(Br)c(-c4ccc(N)c(F)c4)c4c(N)ncnc43)CC2)CC1. The number of nitrogens with zero attached hydrogens (tertiary/aromatic N) is 5. The van der Waals surface area contributed by atoms with Crippen LogP contribution in [-0.2, 0) is 0 Å². The lowest BCUT2D eigenvalue weighted by Crippen LogP contribution is -2.49. The molecule has 5 rings (SSSR count). The second-order valence-corrected chi connectivity index (χ2v) is 9.78. The number of benzene rings is 1. The van der Waals surface area contributed by atoms with Crippen LogP contribution in [0.1, 0.15) is 31.7 Å². The third-order valence-corrected chi connectivity index (χ3v) is 7.91. The molecule has 7 nitrogen and oxygen atoms in total. The molecule has 32 heavy (non-hydrogen) atoms. The summed E-state index contributed by atoms with van der Waals surface area (Å²) in [6.07, 6.45) is 5.96. The molecule has 1 aromatic carbocycles. The lowest BCUT2D eigenvalue weighted by molar-refractivity contribution is 0.0826. The zero-order valence-corrected chi connectivity index (χ0v) is 19.9. The highest BCUT2D eigenvalue weighted by Crippen LogP contribution is 2.44. The van der Waals surface area contributed by atoms with E-state index in [2.05, 4.69) is 47.3 Å². The number of rotatable bonds is 3. The van der Waals surface area contributed by atoms with Crippen molar-refractivity contribution in [3.63, 3.8) is 0 Å². The molecule has 170 valence electrons. The number of halogens is 2. The first-order valence-electron chi connectivity index (χ1n) is 11.2. The number of hydrogen-bond acceptors (Lipinski definition) is 6. The normalized spacial score (nSPS) is 23.1. The van der Waals surface area contributed by atoms with E-state index in [0.717, 1.165) is 73.1 Å². The molecule has 0 amide bonds. The van der Waals surface area contributed by atoms with Crippen molar-refractivity contribution in [2.75, 3.05) is 44.7 Å². The average molecular weight is 502 g/mol. The van der Waals surface area contributed by atoms with Gasteiger partial charge in [0.1, 0.15) is 23.6 Å². The van der Waals surface area contributed by atoms with Gasteiger partial charge in [0.25, 0.3) is 0 Å². The Morgan fingerprint density at radius 1 is 1.00 bits per heavy atom. The maximum absolute atomic E-state index is 14.3. The zero-order valence-electron chi connectivity index (χ0n) is 18.3. The number of anilines is 2. The smallest absolute Gasteiger partial charge is 0.147 e. The molecule has 0 radical (unpaired) electrons. The van der Waals surface area contributed by atoms with Gasteiger partial charge in [-0.2, -0.15) is 0 Å². The first kappa shape index (κ1) is 21.6. The van der Waals surface area contributed by atoms with Gasteiger partial charge in [0.2, 0.25) is 0 Å². The predicted octanol–water partition coefficient (Wildman–Crippen LogP) is 3.90. The third kappa shape index (κ3) is 3.76. The fourth-order valence-corrected chi connectivity index (χ4v) is 6.16. The van der Waals surface area contributed by atoms with Gasteiger partial charge in [0.15, 0.2) is 0 Å². The van der Waals surface area contributed by atoms with Gasteiger partial charge in [0, 0.05) is 43.8 Å². The number of nitrogen functional groups attached to an aromatic ring is 2. The van der Waals surface area contributed by atoms with Crippen LogP contribution in [0.2, 0.25) is 0 Å². The second kappa shape index (κ2) is 8.61. The molecular weight excluding hydrogens is 473 g/mol. The van der Waals surface area contributed by atoms with Gasteiger partial charge in [-0.3, -0.25) is 4.90 Å². The summed E-state index contributed by atoms with van der Waals surface area (Å²) >= 11 is 3.81. The quantitative estimate of drug-likeness (QED) is 0.529. The lowest BCUT2D eigenvalue weighted by Gasteiger charge is -2.41. The molecule has 0 spiro atoms. The summed E-state index contributed by atoms with van der Waals surface area (Å²) in [5, 5.41) is 0.754. The largest absolute Gasteiger partial charge is 0.396 e. The summed E-state index contributed by atoms with van der Waals surface area (Å²) in [7, 11) is 2.20. The third-order valence-electron chi connectivity index (χ3n) is 7.13. The highest BCUT2D eigenvalue weighted by atomic mass is 79.9. The highest BCUT2D eigenvalue weighted by Gasteiger charge is 2.31. The van der Waals surface area contributed by atoms with E-state index in [0.29, 0.717) is 23.5 Å². The molecule has 1 aliphatic heterocycles. The first-order valence-corrected chi connectivity index (χ1v) is 12.0. The Hall–Kier alpha value is -2.23. The maximum Gasteiger partial charge on any atom is 0.147 e. The van der Waals surface area contributed by atoms with Gasteiger partial charge < -0.3 is 20.9 Å². The molecule has 2 fully saturated rings. The Kier molecular flexibility index (Phi) is 5.81. The fraction of sp³-hybridized carbons (Fsp3) is 0.478. The molecule has 3 heterocycles. The van der Waals surface area contributed by atoms with Crippen LogP contribution in [0.25, 0.3) is 22.2 Å². The predicted molar refractivity (Wildman–Crippen MR) is 130 cm³/mol. The van der Waals surface area contributed by atoms with E-state index in [9.17, 15) is 4.39 Å². The van der Waals surface area contributed by atoms with Crippen molar-refractivity contribution in [2.45, 2.75) is 37.8 Å². The lowest BCUT2D eigenvalue weighted by atomic mass is 9.89.